The number of aromatic nitrogens is 1. The smallest absolute Gasteiger partial charge is 0.321 e. The number of guanidine groups is 1. The van der Waals surface area contributed by atoms with Crippen LogP contribution in [0.15, 0.2) is 34.5 Å². The average Bonchev–Trinajstić information content (AvgIpc) is 3.13. The van der Waals surface area contributed by atoms with Crippen molar-refractivity contribution in [1.82, 2.24) is 10.4 Å². The van der Waals surface area contributed by atoms with Crippen LogP contribution in [0.4, 0.5) is 0 Å². The van der Waals surface area contributed by atoms with Crippen LogP contribution in [0.2, 0.25) is 0 Å². The lowest BCUT2D eigenvalue weighted by atomic mass is 10.2. The van der Waals surface area contributed by atoms with Crippen molar-refractivity contribution < 1.29 is 24.5 Å². The minimum absolute atomic E-state index is 0.338. The van der Waals surface area contributed by atoms with Crippen LogP contribution >= 0.6 is 0 Å². The van der Waals surface area contributed by atoms with Crippen molar-refractivity contribution >= 4 is 35.0 Å². The number of carboxylic acid groups (broad SMARTS) is 2. The fourth-order valence-electron chi connectivity index (χ4n) is 2.40. The molecule has 0 saturated carbocycles. The highest BCUT2D eigenvalue weighted by atomic mass is 16.5. The van der Waals surface area contributed by atoms with E-state index in [0.29, 0.717) is 5.96 Å². The maximum Gasteiger partial charge on any atom is 0.321 e. The number of nitrogens with two attached hydrogens (primary N) is 2. The number of aromatic amines is 1. The highest BCUT2D eigenvalue weighted by molar-refractivity contribution is 5.99. The topological polar surface area (TPSA) is 188 Å². The summed E-state index contributed by atoms with van der Waals surface area (Å²) in [4.78, 5) is 27.0. The van der Waals surface area contributed by atoms with E-state index in [1.807, 2.05) is 24.4 Å². The Hall–Kier alpha value is -3.60. The predicted molar refractivity (Wildman–Crippen MR) is 119 cm³/mol. The largest absolute Gasteiger partial charge is 0.497 e. The summed E-state index contributed by atoms with van der Waals surface area (Å²) in [5, 5.41) is 21.2. The van der Waals surface area contributed by atoms with E-state index < -0.39 is 24.4 Å². The van der Waals surface area contributed by atoms with Gasteiger partial charge in [-0.05, 0) is 24.6 Å². The predicted octanol–water partition coefficient (Wildman–Crippen LogP) is 1.48. The molecule has 2 aromatic rings. The van der Waals surface area contributed by atoms with Crippen LogP contribution in [-0.2, 0) is 9.59 Å². The van der Waals surface area contributed by atoms with Gasteiger partial charge in [-0.2, -0.15) is 5.10 Å². The van der Waals surface area contributed by atoms with Gasteiger partial charge in [-0.25, -0.2) is 5.43 Å². The van der Waals surface area contributed by atoms with E-state index in [9.17, 15) is 9.59 Å². The zero-order valence-corrected chi connectivity index (χ0v) is 17.7. The molecule has 0 spiro atoms. The summed E-state index contributed by atoms with van der Waals surface area (Å²) in [5.74, 6) is -1.35. The fraction of sp³-hybridized carbons (Fsp3) is 0.400. The van der Waals surface area contributed by atoms with E-state index in [2.05, 4.69) is 27.4 Å². The third-order valence-electron chi connectivity index (χ3n) is 4.06. The minimum atomic E-state index is -1.29. The van der Waals surface area contributed by atoms with Gasteiger partial charge in [-0.3, -0.25) is 14.6 Å². The average molecular weight is 434 g/mol. The van der Waals surface area contributed by atoms with E-state index in [1.165, 1.54) is 6.42 Å². The lowest BCUT2D eigenvalue weighted by Gasteiger charge is -2.00. The number of ether oxygens (including phenoxy) is 1. The van der Waals surface area contributed by atoms with Gasteiger partial charge in [0.2, 0.25) is 5.96 Å². The first-order chi connectivity index (χ1) is 14.8. The fourth-order valence-corrected chi connectivity index (χ4v) is 2.40. The van der Waals surface area contributed by atoms with Crippen LogP contribution in [0, 0.1) is 0 Å². The number of hydrogen-bond acceptors (Lipinski definition) is 6. The molecule has 2 rings (SSSR count). The number of H-pyrrole nitrogens is 1. The molecular formula is C20H30N6O5. The van der Waals surface area contributed by atoms with Gasteiger partial charge in [0.15, 0.2) is 0 Å². The number of hydrazone groups is 1. The summed E-state index contributed by atoms with van der Waals surface area (Å²) < 4.78 is 5.24. The molecule has 0 amide bonds. The molecule has 0 aliphatic heterocycles. The van der Waals surface area contributed by atoms with Gasteiger partial charge in [0, 0.05) is 29.2 Å². The maximum atomic E-state index is 9.85. The molecule has 0 aliphatic rings. The summed E-state index contributed by atoms with van der Waals surface area (Å²) >= 11 is 0. The Kier molecular flexibility index (Phi) is 11.2. The third-order valence-corrected chi connectivity index (χ3v) is 4.06. The number of carboxylic acids is 2. The number of nitrogens with one attached hydrogen (secondary N) is 2. The quantitative estimate of drug-likeness (QED) is 0.140. The van der Waals surface area contributed by atoms with E-state index in [0.717, 1.165) is 41.6 Å². The maximum absolute atomic E-state index is 9.85. The molecule has 1 unspecified atom stereocenters. The van der Waals surface area contributed by atoms with Crippen LogP contribution in [0.25, 0.3) is 10.9 Å². The molecule has 0 bridgehead atoms. The van der Waals surface area contributed by atoms with E-state index in [-0.39, 0.29) is 0 Å². The van der Waals surface area contributed by atoms with Gasteiger partial charge in [0.05, 0.1) is 19.7 Å². The van der Waals surface area contributed by atoms with E-state index in [4.69, 9.17) is 26.4 Å². The highest BCUT2D eigenvalue weighted by Crippen LogP contribution is 2.22. The highest BCUT2D eigenvalue weighted by Gasteiger charge is 2.14. The molecule has 1 heterocycles. The first kappa shape index (κ1) is 25.4. The van der Waals surface area contributed by atoms with Gasteiger partial charge in [0.25, 0.3) is 0 Å². The Morgan fingerprint density at radius 2 is 2.06 bits per heavy atom. The zero-order chi connectivity index (χ0) is 23.2. The summed E-state index contributed by atoms with van der Waals surface area (Å²) in [6.07, 6.45) is 6.46. The van der Waals surface area contributed by atoms with E-state index in [1.54, 1.807) is 13.3 Å². The Morgan fingerprint density at radius 3 is 2.65 bits per heavy atom. The number of nitrogens with zero attached hydrogens (tertiary/aromatic N) is 2. The van der Waals surface area contributed by atoms with Gasteiger partial charge in [0.1, 0.15) is 11.8 Å². The van der Waals surface area contributed by atoms with Crippen LogP contribution in [0.3, 0.4) is 0 Å². The SMILES string of the molecule is CCCCCN=C(N)N/N=C/c1c[nH]c2ccc(OC)cc12.NC(CC(=O)O)C(=O)O. The van der Waals surface area contributed by atoms with Crippen LogP contribution in [0.5, 0.6) is 5.75 Å². The molecule has 31 heavy (non-hydrogen) atoms. The monoisotopic (exact) mass is 434 g/mol. The molecule has 11 nitrogen and oxygen atoms in total. The van der Waals surface area contributed by atoms with Crippen molar-refractivity contribution in [1.29, 1.82) is 0 Å². The Morgan fingerprint density at radius 1 is 1.32 bits per heavy atom. The van der Waals surface area contributed by atoms with Crippen LogP contribution < -0.4 is 21.6 Å². The number of fused-ring (bicyclic) bond motifs is 1. The molecule has 1 aromatic heterocycles. The minimum Gasteiger partial charge on any atom is -0.497 e. The van der Waals surface area contributed by atoms with Crippen molar-refractivity contribution in [3.63, 3.8) is 0 Å². The zero-order valence-electron chi connectivity index (χ0n) is 17.7. The van der Waals surface area contributed by atoms with Crippen LogP contribution in [0.1, 0.15) is 38.2 Å². The Balaban J connectivity index is 0.000000452. The molecule has 1 aromatic carbocycles. The Bertz CT molecular complexity index is 909. The Labute approximate surface area is 180 Å². The van der Waals surface area contributed by atoms with E-state index >= 15 is 0 Å². The summed E-state index contributed by atoms with van der Waals surface area (Å²) in [6, 6.07) is 4.57. The van der Waals surface area contributed by atoms with Crippen LogP contribution in [-0.4, -0.2) is 59.0 Å². The molecule has 0 fully saturated rings. The number of benzene rings is 1. The summed E-state index contributed by atoms with van der Waals surface area (Å²) in [6.45, 7) is 2.89. The molecule has 1 atom stereocenters. The van der Waals surface area contributed by atoms with Crippen molar-refractivity contribution in [2.45, 2.75) is 38.6 Å². The lowest BCUT2D eigenvalue weighted by molar-refractivity contribution is -0.144. The molecule has 11 heteroatoms. The molecular weight excluding hydrogens is 404 g/mol. The molecule has 0 saturated heterocycles. The summed E-state index contributed by atoms with van der Waals surface area (Å²) in [5.41, 5.74) is 15.3. The second-order valence-corrected chi connectivity index (χ2v) is 6.54. The van der Waals surface area contributed by atoms with Gasteiger partial charge in [-0.15, -0.1) is 0 Å². The number of methoxy groups -OCH3 is 1. The number of hydrogen-bond donors (Lipinski definition) is 6. The second kappa shape index (κ2) is 13.6. The van der Waals surface area contributed by atoms with Crippen molar-refractivity contribution in [2.24, 2.45) is 21.6 Å². The summed E-state index contributed by atoms with van der Waals surface area (Å²) in [7, 11) is 1.65. The lowest BCUT2D eigenvalue weighted by Crippen LogP contribution is -2.32. The van der Waals surface area contributed by atoms with Gasteiger partial charge in [-0.1, -0.05) is 19.8 Å². The van der Waals surface area contributed by atoms with Gasteiger partial charge < -0.3 is 31.4 Å². The number of unbranched alkanes of at least 4 members (excludes halogenated alkanes) is 2. The molecule has 0 aliphatic carbocycles. The third kappa shape index (κ3) is 9.63. The normalized spacial score (nSPS) is 12.3. The first-order valence-corrected chi connectivity index (χ1v) is 9.72. The second-order valence-electron chi connectivity index (χ2n) is 6.54. The first-order valence-electron chi connectivity index (χ1n) is 9.72. The number of carbonyl (C=O) groups is 2. The number of aliphatic carboxylic acids is 2. The molecule has 8 N–H and O–H groups in total. The van der Waals surface area contributed by atoms with Crippen molar-refractivity contribution in [3.8, 4) is 5.75 Å². The van der Waals surface area contributed by atoms with Crippen molar-refractivity contribution in [2.75, 3.05) is 13.7 Å². The molecule has 170 valence electrons. The standard InChI is InChI=1S/C16H23N5O.C4H7NO4/c1-3-4-5-8-18-16(17)21-20-11-12-10-19-15-7-6-13(22-2)9-14(12)15;5-2(4(8)9)1-3(6)7/h6-7,9-11,19H,3-5,8H2,1-2H3,(H3,17,18,21);2H,1,5H2,(H,6,7)(H,8,9)/b20-11+;. The number of rotatable bonds is 10. The number of aliphatic imine (C=N–C) groups is 1. The van der Waals surface area contributed by atoms with Crippen molar-refractivity contribution in [3.05, 3.63) is 30.0 Å². The van der Waals surface area contributed by atoms with Gasteiger partial charge >= 0.3 is 11.9 Å². The molecule has 0 radical (unpaired) electrons.